The van der Waals surface area contributed by atoms with Crippen molar-refractivity contribution in [2.75, 3.05) is 5.32 Å². The lowest BCUT2D eigenvalue weighted by Gasteiger charge is -2.11. The molecule has 0 radical (unpaired) electrons. The van der Waals surface area contributed by atoms with E-state index in [0.29, 0.717) is 21.3 Å². The van der Waals surface area contributed by atoms with Crippen molar-refractivity contribution in [1.29, 1.82) is 0 Å². The lowest BCUT2D eigenvalue weighted by molar-refractivity contribution is -0.385. The number of aromatic amines is 1. The second kappa shape index (κ2) is 8.36. The Labute approximate surface area is 182 Å². The summed E-state index contributed by atoms with van der Waals surface area (Å²) in [5.74, 6) is -0.943. The molecule has 1 aliphatic rings. The van der Waals surface area contributed by atoms with Gasteiger partial charge in [-0.15, -0.1) is 0 Å². The van der Waals surface area contributed by atoms with E-state index in [-0.39, 0.29) is 17.2 Å². The Hall–Kier alpha value is -4.06. The number of rotatable bonds is 5. The van der Waals surface area contributed by atoms with Gasteiger partial charge in [-0.2, -0.15) is 5.10 Å². The van der Waals surface area contributed by atoms with Crippen LogP contribution in [0.1, 0.15) is 28.0 Å². The number of esters is 1. The SMILES string of the molecule is O=C1OC(c2ccc(NC(=O)c3ncn[nH]3)cc2)NC1=Cc1ccc(Br)c([N+](=O)[O-])c1. The highest BCUT2D eigenvalue weighted by Gasteiger charge is 2.29. The molecule has 11 nitrogen and oxygen atoms in total. The number of anilines is 1. The van der Waals surface area contributed by atoms with Gasteiger partial charge in [0.1, 0.15) is 12.0 Å². The van der Waals surface area contributed by atoms with Crippen molar-refractivity contribution < 1.29 is 19.2 Å². The lowest BCUT2D eigenvalue weighted by Crippen LogP contribution is -2.15. The summed E-state index contributed by atoms with van der Waals surface area (Å²) in [6.45, 7) is 0. The molecule has 1 unspecified atom stereocenters. The molecule has 0 bridgehead atoms. The number of nitro benzene ring substituents is 1. The van der Waals surface area contributed by atoms with E-state index in [1.165, 1.54) is 24.5 Å². The molecular weight excluding hydrogens is 472 g/mol. The standard InChI is InChI=1S/C19H13BrN6O5/c20-13-6-1-10(8-15(13)26(29)30)7-14-19(28)31-18(24-14)11-2-4-12(5-3-11)23-17(27)16-21-9-22-25-16/h1-9,18,24H,(H,23,27)(H,21,22,25). The number of hydrogen-bond acceptors (Lipinski definition) is 8. The van der Waals surface area contributed by atoms with E-state index in [2.05, 4.69) is 41.7 Å². The van der Waals surface area contributed by atoms with Crippen molar-refractivity contribution in [3.8, 4) is 0 Å². The number of ether oxygens (including phenoxy) is 1. The van der Waals surface area contributed by atoms with Crippen LogP contribution in [-0.2, 0) is 9.53 Å². The molecule has 31 heavy (non-hydrogen) atoms. The molecule has 0 saturated carbocycles. The molecule has 1 aliphatic heterocycles. The van der Waals surface area contributed by atoms with Gasteiger partial charge in [-0.05, 0) is 45.8 Å². The topological polar surface area (TPSA) is 152 Å². The Kier molecular flexibility index (Phi) is 5.45. The van der Waals surface area contributed by atoms with Gasteiger partial charge in [-0.3, -0.25) is 20.0 Å². The second-order valence-corrected chi connectivity index (χ2v) is 7.22. The lowest BCUT2D eigenvalue weighted by atomic mass is 10.1. The molecule has 1 fully saturated rings. The quantitative estimate of drug-likeness (QED) is 0.216. The first-order chi connectivity index (χ1) is 14.9. The summed E-state index contributed by atoms with van der Waals surface area (Å²) in [6, 6.07) is 11.2. The number of hydrogen-bond donors (Lipinski definition) is 3. The maximum absolute atomic E-state index is 12.2. The Bertz CT molecular complexity index is 1190. The Balaban J connectivity index is 1.47. The van der Waals surface area contributed by atoms with Crippen molar-refractivity contribution in [1.82, 2.24) is 20.5 Å². The van der Waals surface area contributed by atoms with Crippen LogP contribution in [0.2, 0.25) is 0 Å². The number of halogens is 1. The van der Waals surface area contributed by atoms with Gasteiger partial charge in [0.25, 0.3) is 11.6 Å². The average molecular weight is 485 g/mol. The molecule has 0 spiro atoms. The summed E-state index contributed by atoms with van der Waals surface area (Å²) < 4.78 is 5.68. The van der Waals surface area contributed by atoms with Crippen molar-refractivity contribution >= 4 is 45.3 Å². The van der Waals surface area contributed by atoms with Gasteiger partial charge in [0.15, 0.2) is 6.23 Å². The number of carbonyl (C=O) groups excluding carboxylic acids is 2. The van der Waals surface area contributed by atoms with E-state index >= 15 is 0 Å². The molecule has 2 heterocycles. The number of benzene rings is 2. The molecule has 1 saturated heterocycles. The Morgan fingerprint density at radius 1 is 1.26 bits per heavy atom. The van der Waals surface area contributed by atoms with Gasteiger partial charge >= 0.3 is 5.97 Å². The maximum Gasteiger partial charge on any atom is 0.356 e. The zero-order chi connectivity index (χ0) is 22.0. The highest BCUT2D eigenvalue weighted by molar-refractivity contribution is 9.10. The number of nitro groups is 1. The summed E-state index contributed by atoms with van der Waals surface area (Å²) in [6.07, 6.45) is 1.98. The summed E-state index contributed by atoms with van der Waals surface area (Å²) in [5, 5.41) is 22.8. The minimum absolute atomic E-state index is 0.0819. The molecular formula is C19H13BrN6O5. The van der Waals surface area contributed by atoms with E-state index in [4.69, 9.17) is 4.74 Å². The van der Waals surface area contributed by atoms with Crippen LogP contribution in [0, 0.1) is 10.1 Å². The summed E-state index contributed by atoms with van der Waals surface area (Å²) in [7, 11) is 0. The summed E-state index contributed by atoms with van der Waals surface area (Å²) >= 11 is 3.12. The minimum Gasteiger partial charge on any atom is -0.433 e. The van der Waals surface area contributed by atoms with Crippen LogP contribution in [0.5, 0.6) is 0 Å². The molecule has 12 heteroatoms. The van der Waals surface area contributed by atoms with Gasteiger partial charge in [-0.1, -0.05) is 18.2 Å². The smallest absolute Gasteiger partial charge is 0.356 e. The summed E-state index contributed by atoms with van der Waals surface area (Å²) in [4.78, 5) is 38.5. The van der Waals surface area contributed by atoms with Crippen LogP contribution in [0.3, 0.4) is 0 Å². The number of cyclic esters (lactones) is 1. The zero-order valence-corrected chi connectivity index (χ0v) is 17.1. The number of H-pyrrole nitrogens is 1. The highest BCUT2D eigenvalue weighted by Crippen LogP contribution is 2.29. The molecule has 1 amide bonds. The maximum atomic E-state index is 12.2. The first-order valence-corrected chi connectivity index (χ1v) is 9.60. The molecule has 1 atom stereocenters. The fourth-order valence-electron chi connectivity index (χ4n) is 2.82. The Morgan fingerprint density at radius 3 is 2.71 bits per heavy atom. The highest BCUT2D eigenvalue weighted by atomic mass is 79.9. The van der Waals surface area contributed by atoms with Gasteiger partial charge in [-0.25, -0.2) is 9.78 Å². The second-order valence-electron chi connectivity index (χ2n) is 6.37. The van der Waals surface area contributed by atoms with Crippen LogP contribution < -0.4 is 10.6 Å². The zero-order valence-electron chi connectivity index (χ0n) is 15.5. The van der Waals surface area contributed by atoms with Crippen molar-refractivity contribution in [3.05, 3.63) is 86.0 Å². The van der Waals surface area contributed by atoms with Crippen molar-refractivity contribution in [2.45, 2.75) is 6.23 Å². The number of carbonyl (C=O) groups is 2. The molecule has 2 aromatic carbocycles. The van der Waals surface area contributed by atoms with Gasteiger partial charge < -0.3 is 15.4 Å². The number of nitrogens with one attached hydrogen (secondary N) is 3. The monoisotopic (exact) mass is 484 g/mol. The molecule has 3 N–H and O–H groups in total. The third-order valence-corrected chi connectivity index (χ3v) is 4.98. The average Bonchev–Trinajstić information content (AvgIpc) is 3.40. The van der Waals surface area contributed by atoms with Gasteiger partial charge in [0.2, 0.25) is 5.82 Å². The first kappa shape index (κ1) is 20.2. The van der Waals surface area contributed by atoms with Crippen LogP contribution >= 0.6 is 15.9 Å². The first-order valence-electron chi connectivity index (χ1n) is 8.80. The predicted molar refractivity (Wildman–Crippen MR) is 112 cm³/mol. The van der Waals surface area contributed by atoms with E-state index in [0.717, 1.165) is 0 Å². The van der Waals surface area contributed by atoms with E-state index in [1.54, 1.807) is 30.3 Å². The molecule has 3 aromatic rings. The fourth-order valence-corrected chi connectivity index (χ4v) is 3.22. The van der Waals surface area contributed by atoms with Crippen molar-refractivity contribution in [3.63, 3.8) is 0 Å². The van der Waals surface area contributed by atoms with E-state index in [9.17, 15) is 19.7 Å². The predicted octanol–water partition coefficient (Wildman–Crippen LogP) is 2.91. The van der Waals surface area contributed by atoms with Crippen LogP contribution in [-0.4, -0.2) is 32.0 Å². The van der Waals surface area contributed by atoms with E-state index < -0.39 is 23.0 Å². The van der Waals surface area contributed by atoms with E-state index in [1.807, 2.05) is 0 Å². The number of aromatic nitrogens is 3. The minimum atomic E-state index is -0.733. The number of nitrogens with zero attached hydrogens (tertiary/aromatic N) is 3. The normalized spacial score (nSPS) is 16.6. The molecule has 4 rings (SSSR count). The molecule has 1 aromatic heterocycles. The summed E-state index contributed by atoms with van der Waals surface area (Å²) in [5.41, 5.74) is 1.70. The van der Waals surface area contributed by atoms with Crippen molar-refractivity contribution in [2.24, 2.45) is 0 Å². The third kappa shape index (κ3) is 4.43. The van der Waals surface area contributed by atoms with Gasteiger partial charge in [0.05, 0.1) is 9.40 Å². The fraction of sp³-hybridized carbons (Fsp3) is 0.0526. The largest absolute Gasteiger partial charge is 0.433 e. The number of amides is 1. The van der Waals surface area contributed by atoms with Crippen LogP contribution in [0.25, 0.3) is 6.08 Å². The van der Waals surface area contributed by atoms with Gasteiger partial charge in [0, 0.05) is 17.3 Å². The Morgan fingerprint density at radius 2 is 2.03 bits per heavy atom. The van der Waals surface area contributed by atoms with Crippen LogP contribution in [0.4, 0.5) is 11.4 Å². The van der Waals surface area contributed by atoms with Crippen LogP contribution in [0.15, 0.2) is 59.0 Å². The third-order valence-electron chi connectivity index (χ3n) is 4.31. The molecule has 156 valence electrons. The molecule has 0 aliphatic carbocycles.